The Balaban J connectivity index is 2.43. The van der Waals surface area contributed by atoms with Crippen molar-refractivity contribution in [2.75, 3.05) is 23.7 Å². The van der Waals surface area contributed by atoms with E-state index >= 15 is 0 Å². The number of nitrogens with one attached hydrogen (secondary N) is 1. The summed E-state index contributed by atoms with van der Waals surface area (Å²) in [5.41, 5.74) is 2.13. The van der Waals surface area contributed by atoms with E-state index in [4.69, 9.17) is 11.6 Å². The molecule has 0 bridgehead atoms. The first kappa shape index (κ1) is 26.7. The molecule has 180 valence electrons. The Bertz CT molecular complexity index is 1060. The number of anilines is 1. The molecule has 0 unspecified atom stereocenters. The van der Waals surface area contributed by atoms with E-state index in [9.17, 15) is 18.0 Å². The number of carbonyl (C=O) groups is 2. The Kier molecular flexibility index (Phi) is 9.73. The van der Waals surface area contributed by atoms with Crippen LogP contribution in [-0.4, -0.2) is 50.5 Å². The van der Waals surface area contributed by atoms with Gasteiger partial charge in [0.15, 0.2) is 0 Å². The molecule has 2 amide bonds. The Morgan fingerprint density at radius 2 is 1.67 bits per heavy atom. The smallest absolute Gasteiger partial charge is 0.244 e. The van der Waals surface area contributed by atoms with Crippen molar-refractivity contribution in [1.29, 1.82) is 0 Å². The molecular weight excluding hydrogens is 462 g/mol. The molecule has 9 heteroatoms. The molecule has 2 rings (SSSR count). The van der Waals surface area contributed by atoms with Gasteiger partial charge in [-0.2, -0.15) is 0 Å². The highest BCUT2D eigenvalue weighted by molar-refractivity contribution is 7.92. The van der Waals surface area contributed by atoms with Gasteiger partial charge in [0.25, 0.3) is 0 Å². The van der Waals surface area contributed by atoms with Crippen molar-refractivity contribution >= 4 is 39.1 Å². The number of aryl methyl sites for hydroxylation is 1. The standard InChI is InChI=1S/C24H32ClN3O4S/c1-5-18-12-14-20(15-13-18)28(33(4,31)32)17-23(29)27(22(6-2)24(30)26-7-3)16-19-10-8-9-11-21(19)25/h8-15,22H,5-7,16-17H2,1-4H3,(H,26,30)/t22-/m1/s1. The normalized spacial score (nSPS) is 12.2. The molecule has 0 aliphatic heterocycles. The summed E-state index contributed by atoms with van der Waals surface area (Å²) in [5, 5.41) is 3.23. The van der Waals surface area contributed by atoms with Gasteiger partial charge in [-0.1, -0.05) is 55.8 Å². The van der Waals surface area contributed by atoms with Crippen LogP contribution in [0.4, 0.5) is 5.69 Å². The van der Waals surface area contributed by atoms with E-state index in [2.05, 4.69) is 5.32 Å². The number of carbonyl (C=O) groups excluding carboxylic acids is 2. The van der Waals surface area contributed by atoms with Gasteiger partial charge < -0.3 is 10.2 Å². The predicted molar refractivity (Wildman–Crippen MR) is 133 cm³/mol. The number of hydrogen-bond acceptors (Lipinski definition) is 4. The molecule has 2 aromatic carbocycles. The van der Waals surface area contributed by atoms with Crippen molar-refractivity contribution in [3.05, 3.63) is 64.7 Å². The average molecular weight is 494 g/mol. The minimum absolute atomic E-state index is 0.0839. The maximum absolute atomic E-state index is 13.5. The number of nitrogens with zero attached hydrogens (tertiary/aromatic N) is 2. The maximum atomic E-state index is 13.5. The third-order valence-corrected chi connectivity index (χ3v) is 6.86. The highest BCUT2D eigenvalue weighted by Gasteiger charge is 2.31. The molecule has 33 heavy (non-hydrogen) atoms. The Morgan fingerprint density at radius 1 is 1.03 bits per heavy atom. The fraction of sp³-hybridized carbons (Fsp3) is 0.417. The van der Waals surface area contributed by atoms with Crippen molar-refractivity contribution in [3.63, 3.8) is 0 Å². The molecule has 0 aromatic heterocycles. The second-order valence-corrected chi connectivity index (χ2v) is 10.0. The second-order valence-electron chi connectivity index (χ2n) is 7.72. The van der Waals surface area contributed by atoms with Gasteiger partial charge in [-0.15, -0.1) is 0 Å². The molecule has 0 radical (unpaired) electrons. The van der Waals surface area contributed by atoms with Crippen molar-refractivity contribution in [1.82, 2.24) is 10.2 Å². The topological polar surface area (TPSA) is 86.8 Å². The molecule has 0 heterocycles. The summed E-state index contributed by atoms with van der Waals surface area (Å²) in [7, 11) is -3.75. The molecule has 0 aliphatic carbocycles. The van der Waals surface area contributed by atoms with Gasteiger partial charge in [-0.05, 0) is 49.1 Å². The number of halogens is 1. The fourth-order valence-corrected chi connectivity index (χ4v) is 4.58. The van der Waals surface area contributed by atoms with Crippen LogP contribution >= 0.6 is 11.6 Å². The number of likely N-dealkylation sites (N-methyl/N-ethyl adjacent to an activating group) is 1. The number of rotatable bonds is 11. The van der Waals surface area contributed by atoms with Crippen LogP contribution in [0, 0.1) is 0 Å². The van der Waals surface area contributed by atoms with Crippen LogP contribution in [0.2, 0.25) is 5.02 Å². The van der Waals surface area contributed by atoms with Gasteiger partial charge in [0.1, 0.15) is 12.6 Å². The van der Waals surface area contributed by atoms with E-state index in [1.54, 1.807) is 43.3 Å². The van der Waals surface area contributed by atoms with Crippen molar-refractivity contribution < 1.29 is 18.0 Å². The number of sulfonamides is 1. The monoisotopic (exact) mass is 493 g/mol. The minimum atomic E-state index is -3.75. The molecule has 2 aromatic rings. The largest absolute Gasteiger partial charge is 0.355 e. The Labute approximate surface area is 201 Å². The van der Waals surface area contributed by atoms with Crippen LogP contribution in [0.25, 0.3) is 0 Å². The second kappa shape index (κ2) is 12.0. The van der Waals surface area contributed by atoms with Crippen LogP contribution in [-0.2, 0) is 32.6 Å². The molecule has 7 nitrogen and oxygen atoms in total. The van der Waals surface area contributed by atoms with E-state index in [1.807, 2.05) is 26.0 Å². The molecule has 0 saturated carbocycles. The van der Waals surface area contributed by atoms with Crippen LogP contribution in [0.3, 0.4) is 0 Å². The number of benzene rings is 2. The summed E-state index contributed by atoms with van der Waals surface area (Å²) in [6, 6.07) is 13.4. The lowest BCUT2D eigenvalue weighted by Gasteiger charge is -2.33. The fourth-order valence-electron chi connectivity index (χ4n) is 3.53. The van der Waals surface area contributed by atoms with Gasteiger partial charge in [0, 0.05) is 18.1 Å². The van der Waals surface area contributed by atoms with Crippen LogP contribution in [0.5, 0.6) is 0 Å². The van der Waals surface area contributed by atoms with Crippen molar-refractivity contribution in [2.24, 2.45) is 0 Å². The van der Waals surface area contributed by atoms with Gasteiger partial charge in [0.05, 0.1) is 11.9 Å². The van der Waals surface area contributed by atoms with Crippen LogP contribution in [0.1, 0.15) is 38.3 Å². The lowest BCUT2D eigenvalue weighted by Crippen LogP contribution is -2.52. The summed E-state index contributed by atoms with van der Waals surface area (Å²) in [6.07, 6.45) is 2.24. The highest BCUT2D eigenvalue weighted by Crippen LogP contribution is 2.22. The zero-order valence-electron chi connectivity index (χ0n) is 19.5. The first-order chi connectivity index (χ1) is 15.6. The summed E-state index contributed by atoms with van der Waals surface area (Å²) < 4.78 is 26.2. The van der Waals surface area contributed by atoms with Gasteiger partial charge >= 0.3 is 0 Å². The average Bonchev–Trinajstić information content (AvgIpc) is 2.78. The lowest BCUT2D eigenvalue weighted by molar-refractivity contribution is -0.140. The summed E-state index contributed by atoms with van der Waals surface area (Å²) in [5.74, 6) is -0.781. The number of hydrogen-bond donors (Lipinski definition) is 1. The molecule has 0 saturated heterocycles. The van der Waals surface area contributed by atoms with E-state index in [0.717, 1.165) is 22.5 Å². The van der Waals surface area contributed by atoms with E-state index in [0.29, 0.717) is 29.2 Å². The van der Waals surface area contributed by atoms with Crippen molar-refractivity contribution in [2.45, 2.75) is 46.2 Å². The van der Waals surface area contributed by atoms with Crippen LogP contribution < -0.4 is 9.62 Å². The first-order valence-corrected chi connectivity index (χ1v) is 13.2. The Hall–Kier alpha value is -2.58. The van der Waals surface area contributed by atoms with Crippen LogP contribution in [0.15, 0.2) is 48.5 Å². The van der Waals surface area contributed by atoms with Gasteiger partial charge in [0.2, 0.25) is 21.8 Å². The zero-order chi connectivity index (χ0) is 24.6. The summed E-state index contributed by atoms with van der Waals surface area (Å²) >= 11 is 6.32. The van der Waals surface area contributed by atoms with E-state index < -0.39 is 28.5 Å². The van der Waals surface area contributed by atoms with Gasteiger partial charge in [-0.3, -0.25) is 13.9 Å². The quantitative estimate of drug-likeness (QED) is 0.518. The Morgan fingerprint density at radius 3 is 2.18 bits per heavy atom. The maximum Gasteiger partial charge on any atom is 0.244 e. The summed E-state index contributed by atoms with van der Waals surface area (Å²) in [4.78, 5) is 27.7. The van der Waals surface area contributed by atoms with Gasteiger partial charge in [-0.25, -0.2) is 8.42 Å². The molecule has 0 spiro atoms. The molecule has 0 fully saturated rings. The minimum Gasteiger partial charge on any atom is -0.355 e. The predicted octanol–water partition coefficient (Wildman–Crippen LogP) is 3.61. The summed E-state index contributed by atoms with van der Waals surface area (Å²) in [6.45, 7) is 5.69. The van der Waals surface area contributed by atoms with E-state index in [1.165, 1.54) is 4.90 Å². The SMILES string of the molecule is CCNC(=O)[C@@H](CC)N(Cc1ccccc1Cl)C(=O)CN(c1ccc(CC)cc1)S(C)(=O)=O. The highest BCUT2D eigenvalue weighted by atomic mass is 35.5. The van der Waals surface area contributed by atoms with E-state index in [-0.39, 0.29) is 12.5 Å². The third-order valence-electron chi connectivity index (χ3n) is 5.35. The first-order valence-electron chi connectivity index (χ1n) is 11.0. The third kappa shape index (κ3) is 7.20. The van der Waals surface area contributed by atoms with Crippen molar-refractivity contribution in [3.8, 4) is 0 Å². The molecule has 0 aliphatic rings. The molecule has 1 atom stereocenters. The molecule has 1 N–H and O–H groups in total. The zero-order valence-corrected chi connectivity index (χ0v) is 21.1. The molecular formula is C24H32ClN3O4S. The number of amides is 2. The lowest BCUT2D eigenvalue weighted by atomic mass is 10.1.